The Hall–Kier alpha value is -2.28. The SMILES string of the molecule is Cc1ccc(C)c(OCC(=O)N2CCC(NC(=O)c3ccc(Br)o3)CC2)c1C. The Bertz CT molecular complexity index is 869. The predicted molar refractivity (Wildman–Crippen MR) is 110 cm³/mol. The lowest BCUT2D eigenvalue weighted by Gasteiger charge is -2.32. The number of hydrogen-bond donors (Lipinski definition) is 1. The van der Waals surface area contributed by atoms with Crippen LogP contribution in [0.25, 0.3) is 0 Å². The third kappa shape index (κ3) is 4.76. The van der Waals surface area contributed by atoms with Crippen molar-refractivity contribution in [2.75, 3.05) is 19.7 Å². The average Bonchev–Trinajstić information content (AvgIpc) is 3.12. The summed E-state index contributed by atoms with van der Waals surface area (Å²) in [6.07, 6.45) is 1.42. The summed E-state index contributed by atoms with van der Waals surface area (Å²) in [5, 5.41) is 2.96. The number of likely N-dealkylation sites (tertiary alicyclic amines) is 1. The van der Waals surface area contributed by atoms with Gasteiger partial charge in [-0.15, -0.1) is 0 Å². The first kappa shape index (κ1) is 20.5. The molecule has 1 aliphatic heterocycles. The minimum Gasteiger partial charge on any atom is -0.483 e. The van der Waals surface area contributed by atoms with E-state index in [-0.39, 0.29) is 30.2 Å². The first-order valence-corrected chi connectivity index (χ1v) is 10.2. The molecule has 7 heteroatoms. The predicted octanol–water partition coefficient (Wildman–Crippen LogP) is 3.77. The average molecular weight is 449 g/mol. The lowest BCUT2D eigenvalue weighted by Crippen LogP contribution is -2.47. The number of amides is 2. The van der Waals surface area contributed by atoms with Crippen LogP contribution in [0.15, 0.2) is 33.4 Å². The standard InChI is InChI=1S/C21H25BrN2O4/c1-13-4-5-14(2)20(15(13)3)27-12-19(25)24-10-8-16(9-11-24)23-21(26)17-6-7-18(22)28-17/h4-7,16H,8-12H2,1-3H3,(H,23,26). The van der Waals surface area contributed by atoms with Gasteiger partial charge in [0.15, 0.2) is 17.0 Å². The van der Waals surface area contributed by atoms with E-state index in [2.05, 4.69) is 27.3 Å². The van der Waals surface area contributed by atoms with Crippen molar-refractivity contribution in [1.82, 2.24) is 10.2 Å². The molecule has 1 aliphatic rings. The summed E-state index contributed by atoms with van der Waals surface area (Å²) in [5.41, 5.74) is 3.24. The van der Waals surface area contributed by atoms with Crippen LogP contribution < -0.4 is 10.1 Å². The normalized spacial score (nSPS) is 14.8. The maximum absolute atomic E-state index is 12.5. The van der Waals surface area contributed by atoms with Gasteiger partial charge < -0.3 is 19.4 Å². The van der Waals surface area contributed by atoms with E-state index >= 15 is 0 Å². The van der Waals surface area contributed by atoms with Crippen molar-refractivity contribution in [3.63, 3.8) is 0 Å². The number of carbonyl (C=O) groups excluding carboxylic acids is 2. The van der Waals surface area contributed by atoms with Crippen LogP contribution in [0.4, 0.5) is 0 Å². The zero-order valence-corrected chi connectivity index (χ0v) is 18.0. The van der Waals surface area contributed by atoms with Crippen LogP contribution in [0.3, 0.4) is 0 Å². The summed E-state index contributed by atoms with van der Waals surface area (Å²) in [5.74, 6) is 0.812. The number of halogens is 1. The van der Waals surface area contributed by atoms with Crippen LogP contribution >= 0.6 is 15.9 Å². The molecule has 0 spiro atoms. The summed E-state index contributed by atoms with van der Waals surface area (Å²) >= 11 is 3.19. The molecule has 1 saturated heterocycles. The van der Waals surface area contributed by atoms with Gasteiger partial charge in [-0.1, -0.05) is 12.1 Å². The highest BCUT2D eigenvalue weighted by Gasteiger charge is 2.25. The molecule has 0 saturated carbocycles. The van der Waals surface area contributed by atoms with E-state index in [9.17, 15) is 9.59 Å². The molecule has 0 bridgehead atoms. The van der Waals surface area contributed by atoms with Gasteiger partial charge >= 0.3 is 0 Å². The van der Waals surface area contributed by atoms with Gasteiger partial charge in [0.2, 0.25) is 0 Å². The summed E-state index contributed by atoms with van der Waals surface area (Å²) in [6.45, 7) is 7.25. The quantitative estimate of drug-likeness (QED) is 0.755. The van der Waals surface area contributed by atoms with Gasteiger partial charge in [0.1, 0.15) is 5.75 Å². The number of carbonyl (C=O) groups is 2. The maximum Gasteiger partial charge on any atom is 0.287 e. The lowest BCUT2D eigenvalue weighted by atomic mass is 10.0. The Morgan fingerprint density at radius 3 is 2.46 bits per heavy atom. The summed E-state index contributed by atoms with van der Waals surface area (Å²) in [4.78, 5) is 26.5. The number of nitrogens with one attached hydrogen (secondary N) is 1. The van der Waals surface area contributed by atoms with Gasteiger partial charge in [-0.05, 0) is 78.4 Å². The Balaban J connectivity index is 1.48. The monoisotopic (exact) mass is 448 g/mol. The van der Waals surface area contributed by atoms with Crippen LogP contribution in [-0.4, -0.2) is 42.5 Å². The summed E-state index contributed by atoms with van der Waals surface area (Å²) < 4.78 is 11.6. The van der Waals surface area contributed by atoms with Crippen molar-refractivity contribution < 1.29 is 18.7 Å². The molecule has 0 atom stereocenters. The van der Waals surface area contributed by atoms with Crippen LogP contribution in [0.5, 0.6) is 5.75 Å². The van der Waals surface area contributed by atoms with Crippen molar-refractivity contribution in [1.29, 1.82) is 0 Å². The van der Waals surface area contributed by atoms with Gasteiger partial charge in [-0.2, -0.15) is 0 Å². The minimum atomic E-state index is -0.232. The van der Waals surface area contributed by atoms with Crippen molar-refractivity contribution in [2.24, 2.45) is 0 Å². The molecular weight excluding hydrogens is 424 g/mol. The second-order valence-corrected chi connectivity index (χ2v) is 7.96. The molecule has 1 N–H and O–H groups in total. The highest BCUT2D eigenvalue weighted by atomic mass is 79.9. The van der Waals surface area contributed by atoms with Crippen molar-refractivity contribution in [2.45, 2.75) is 39.7 Å². The van der Waals surface area contributed by atoms with Gasteiger partial charge in [-0.25, -0.2) is 0 Å². The minimum absolute atomic E-state index is 0.0277. The lowest BCUT2D eigenvalue weighted by molar-refractivity contribution is -0.134. The van der Waals surface area contributed by atoms with Crippen LogP contribution in [-0.2, 0) is 4.79 Å². The van der Waals surface area contributed by atoms with E-state index in [0.717, 1.165) is 22.4 Å². The first-order valence-electron chi connectivity index (χ1n) is 9.38. The molecule has 1 fully saturated rings. The van der Waals surface area contributed by atoms with Crippen LogP contribution in [0.1, 0.15) is 40.1 Å². The fourth-order valence-corrected chi connectivity index (χ4v) is 3.65. The molecule has 6 nitrogen and oxygen atoms in total. The van der Waals surface area contributed by atoms with E-state index in [0.29, 0.717) is 30.6 Å². The molecule has 2 heterocycles. The molecule has 3 rings (SSSR count). The number of hydrogen-bond acceptors (Lipinski definition) is 4. The molecule has 28 heavy (non-hydrogen) atoms. The van der Waals surface area contributed by atoms with Gasteiger partial charge in [0.25, 0.3) is 11.8 Å². The Morgan fingerprint density at radius 1 is 1.14 bits per heavy atom. The molecule has 150 valence electrons. The van der Waals surface area contributed by atoms with Gasteiger partial charge in [0.05, 0.1) is 0 Å². The van der Waals surface area contributed by atoms with E-state index in [4.69, 9.17) is 9.15 Å². The first-order chi connectivity index (χ1) is 13.3. The zero-order chi connectivity index (χ0) is 20.3. The Kier molecular flexibility index (Phi) is 6.44. The fourth-order valence-electron chi connectivity index (χ4n) is 3.34. The Morgan fingerprint density at radius 2 is 1.82 bits per heavy atom. The molecule has 1 aromatic carbocycles. The van der Waals surface area contributed by atoms with Gasteiger partial charge in [0, 0.05) is 19.1 Å². The molecule has 0 radical (unpaired) electrons. The van der Waals surface area contributed by atoms with Crippen molar-refractivity contribution in [3.8, 4) is 5.75 Å². The van der Waals surface area contributed by atoms with Crippen molar-refractivity contribution in [3.05, 3.63) is 51.4 Å². The topological polar surface area (TPSA) is 71.8 Å². The summed E-state index contributed by atoms with van der Waals surface area (Å²) in [7, 11) is 0. The third-order valence-corrected chi connectivity index (χ3v) is 5.62. The number of rotatable bonds is 5. The second-order valence-electron chi connectivity index (χ2n) is 7.17. The zero-order valence-electron chi connectivity index (χ0n) is 16.4. The smallest absolute Gasteiger partial charge is 0.287 e. The fraction of sp³-hybridized carbons (Fsp3) is 0.429. The third-order valence-electron chi connectivity index (χ3n) is 5.19. The molecule has 1 aromatic heterocycles. The second kappa shape index (κ2) is 8.82. The molecule has 0 aliphatic carbocycles. The van der Waals surface area contributed by atoms with Crippen LogP contribution in [0.2, 0.25) is 0 Å². The van der Waals surface area contributed by atoms with Crippen molar-refractivity contribution >= 4 is 27.7 Å². The van der Waals surface area contributed by atoms with Crippen LogP contribution in [0, 0.1) is 20.8 Å². The largest absolute Gasteiger partial charge is 0.483 e. The number of piperidine rings is 1. The number of benzene rings is 1. The summed E-state index contributed by atoms with van der Waals surface area (Å²) in [6, 6.07) is 7.41. The van der Waals surface area contributed by atoms with Gasteiger partial charge in [-0.3, -0.25) is 9.59 Å². The Labute approximate surface area is 173 Å². The van der Waals surface area contributed by atoms with E-state index < -0.39 is 0 Å². The number of furan rings is 1. The van der Waals surface area contributed by atoms with E-state index in [1.54, 1.807) is 17.0 Å². The number of nitrogens with zero attached hydrogens (tertiary/aromatic N) is 1. The molecule has 2 aromatic rings. The van der Waals surface area contributed by atoms with E-state index in [1.807, 2.05) is 26.8 Å². The maximum atomic E-state index is 12.5. The molecule has 0 unspecified atom stereocenters. The van der Waals surface area contributed by atoms with E-state index in [1.165, 1.54) is 0 Å². The highest BCUT2D eigenvalue weighted by Crippen LogP contribution is 2.26. The number of ether oxygens (including phenoxy) is 1. The highest BCUT2D eigenvalue weighted by molar-refractivity contribution is 9.10. The molecule has 2 amide bonds. The number of aryl methyl sites for hydroxylation is 2. The molecular formula is C21H25BrN2O4.